The van der Waals surface area contributed by atoms with Crippen molar-refractivity contribution in [1.82, 2.24) is 5.32 Å². The number of fused-ring (bicyclic) bond motifs is 1. The van der Waals surface area contributed by atoms with E-state index < -0.39 is 0 Å². The number of likely N-dealkylation sites (N-methyl/N-ethyl adjacent to an activating group) is 1. The molecule has 1 fully saturated rings. The molecule has 1 unspecified atom stereocenters. The van der Waals surface area contributed by atoms with E-state index >= 15 is 0 Å². The Bertz CT molecular complexity index is 1710. The molecule has 1 aliphatic rings. The number of benzene rings is 5. The Morgan fingerprint density at radius 2 is 1.44 bits per heavy atom. The van der Waals surface area contributed by atoms with Crippen molar-refractivity contribution in [3.8, 4) is 11.1 Å². The molecular formula is C38H37N3O2. The highest BCUT2D eigenvalue weighted by Gasteiger charge is 2.32. The average Bonchev–Trinajstić information content (AvgIpc) is 3.06. The zero-order valence-electron chi connectivity index (χ0n) is 24.5. The molecule has 2 amide bonds. The van der Waals surface area contributed by atoms with Crippen LogP contribution in [0.1, 0.15) is 41.6 Å². The number of amides is 2. The number of carbonyl (C=O) groups is 2. The zero-order chi connectivity index (χ0) is 29.6. The molecular weight excluding hydrogens is 530 g/mol. The van der Waals surface area contributed by atoms with E-state index in [9.17, 15) is 9.59 Å². The average molecular weight is 568 g/mol. The molecule has 2 N–H and O–H groups in total. The normalized spacial score (nSPS) is 14.3. The van der Waals surface area contributed by atoms with Crippen molar-refractivity contribution < 1.29 is 9.59 Å². The highest BCUT2D eigenvalue weighted by molar-refractivity contribution is 6.09. The van der Waals surface area contributed by atoms with Crippen LogP contribution in [0.5, 0.6) is 0 Å². The Kier molecular flexibility index (Phi) is 8.50. The van der Waals surface area contributed by atoms with E-state index in [1.54, 1.807) is 0 Å². The molecule has 1 atom stereocenters. The summed E-state index contributed by atoms with van der Waals surface area (Å²) in [6, 6.07) is 40.6. The Hall–Kier alpha value is -4.90. The first-order valence-corrected chi connectivity index (χ1v) is 15.2. The molecule has 0 aromatic heterocycles. The van der Waals surface area contributed by atoms with E-state index in [0.717, 1.165) is 59.4 Å². The van der Waals surface area contributed by atoms with Gasteiger partial charge >= 0.3 is 0 Å². The maximum atomic E-state index is 13.4. The van der Waals surface area contributed by atoms with E-state index in [-0.39, 0.29) is 17.7 Å². The highest BCUT2D eigenvalue weighted by atomic mass is 16.2. The second-order valence-corrected chi connectivity index (χ2v) is 11.2. The minimum Gasteiger partial charge on any atom is -0.372 e. The summed E-state index contributed by atoms with van der Waals surface area (Å²) >= 11 is 0. The van der Waals surface area contributed by atoms with Crippen LogP contribution >= 0.6 is 0 Å². The summed E-state index contributed by atoms with van der Waals surface area (Å²) < 4.78 is 0. The van der Waals surface area contributed by atoms with Crippen LogP contribution < -0.4 is 15.5 Å². The minimum atomic E-state index is -0.130. The first kappa shape index (κ1) is 28.2. The quantitative estimate of drug-likeness (QED) is 0.200. The molecule has 43 heavy (non-hydrogen) atoms. The van der Waals surface area contributed by atoms with E-state index in [4.69, 9.17) is 0 Å². The number of anilines is 2. The number of hydrogen-bond donors (Lipinski definition) is 2. The summed E-state index contributed by atoms with van der Waals surface area (Å²) in [6.07, 6.45) is 1.89. The lowest BCUT2D eigenvalue weighted by molar-refractivity contribution is -0.123. The fourth-order valence-electron chi connectivity index (χ4n) is 6.32. The smallest absolute Gasteiger partial charge is 0.256 e. The van der Waals surface area contributed by atoms with Crippen LogP contribution in [0, 0.1) is 5.92 Å². The Balaban J connectivity index is 1.12. The van der Waals surface area contributed by atoms with E-state index in [1.807, 2.05) is 73.7 Å². The summed E-state index contributed by atoms with van der Waals surface area (Å²) in [5.74, 6) is 0.161. The molecule has 0 spiro atoms. The van der Waals surface area contributed by atoms with Crippen LogP contribution in [-0.2, 0) is 4.79 Å². The van der Waals surface area contributed by atoms with E-state index in [0.29, 0.717) is 18.0 Å². The lowest BCUT2D eigenvalue weighted by atomic mass is 9.79. The van der Waals surface area contributed by atoms with Crippen LogP contribution in [0.2, 0.25) is 0 Å². The molecule has 1 heterocycles. The summed E-state index contributed by atoms with van der Waals surface area (Å²) in [6.45, 7) is 4.38. The molecule has 5 heteroatoms. The fourth-order valence-corrected chi connectivity index (χ4v) is 6.32. The van der Waals surface area contributed by atoms with Gasteiger partial charge in [0.25, 0.3) is 5.91 Å². The van der Waals surface area contributed by atoms with Crippen molar-refractivity contribution in [2.75, 3.05) is 29.9 Å². The largest absolute Gasteiger partial charge is 0.372 e. The third kappa shape index (κ3) is 6.31. The number of hydrogen-bond acceptors (Lipinski definition) is 3. The predicted octanol–water partition coefficient (Wildman–Crippen LogP) is 7.90. The highest BCUT2D eigenvalue weighted by Crippen LogP contribution is 2.35. The Labute approximate surface area is 253 Å². The molecule has 6 rings (SSSR count). The third-order valence-corrected chi connectivity index (χ3v) is 8.53. The topological polar surface area (TPSA) is 61.4 Å². The molecule has 0 aliphatic carbocycles. The second-order valence-electron chi connectivity index (χ2n) is 11.2. The minimum absolute atomic E-state index is 0.120. The number of rotatable bonds is 8. The maximum absolute atomic E-state index is 13.4. The number of piperidine rings is 1. The van der Waals surface area contributed by atoms with Gasteiger partial charge in [-0.2, -0.15) is 0 Å². The van der Waals surface area contributed by atoms with Crippen molar-refractivity contribution in [3.63, 3.8) is 0 Å². The summed E-state index contributed by atoms with van der Waals surface area (Å²) in [4.78, 5) is 28.8. The van der Waals surface area contributed by atoms with E-state index in [1.165, 1.54) is 5.39 Å². The summed E-state index contributed by atoms with van der Waals surface area (Å²) in [5.41, 5.74) is 5.55. The maximum Gasteiger partial charge on any atom is 0.256 e. The van der Waals surface area contributed by atoms with Gasteiger partial charge in [-0.1, -0.05) is 84.9 Å². The number of carbonyl (C=O) groups excluding carboxylic acids is 2. The van der Waals surface area contributed by atoms with Crippen LogP contribution in [0.4, 0.5) is 11.4 Å². The molecule has 0 bridgehead atoms. The van der Waals surface area contributed by atoms with Gasteiger partial charge in [-0.15, -0.1) is 0 Å². The predicted molar refractivity (Wildman–Crippen MR) is 177 cm³/mol. The first-order valence-electron chi connectivity index (χ1n) is 15.2. The third-order valence-electron chi connectivity index (χ3n) is 8.53. The lowest BCUT2D eigenvalue weighted by Crippen LogP contribution is -2.40. The molecule has 5 aromatic carbocycles. The molecule has 216 valence electrons. The molecule has 0 saturated carbocycles. The SMILES string of the molecule is CCNC(=O)C(c1ccccc1)C1CCN(c2ccc(NC(=O)c3ccccc3-c3ccc4ccccc4c3)cc2)CC1. The standard InChI is InChI=1S/C38H37N3O2/c1-2-39-38(43)36(28-11-4-3-5-12-28)29-22-24-41(25-23-29)33-20-18-32(19-21-33)40-37(42)35-15-9-8-14-34(35)31-17-16-27-10-6-7-13-30(27)26-31/h3-21,26,29,36H,2,22-25H2,1H3,(H,39,43)(H,40,42). The molecule has 5 aromatic rings. The summed E-state index contributed by atoms with van der Waals surface area (Å²) in [5, 5.41) is 8.47. The van der Waals surface area contributed by atoms with Crippen molar-refractivity contribution in [3.05, 3.63) is 132 Å². The van der Waals surface area contributed by atoms with E-state index in [2.05, 4.69) is 70.1 Å². The molecule has 5 nitrogen and oxygen atoms in total. The first-order chi connectivity index (χ1) is 21.1. The lowest BCUT2D eigenvalue weighted by Gasteiger charge is -2.37. The van der Waals surface area contributed by atoms with Crippen molar-refractivity contribution >= 4 is 34.0 Å². The molecule has 0 radical (unpaired) electrons. The van der Waals surface area contributed by atoms with Gasteiger partial charge in [0.1, 0.15) is 0 Å². The van der Waals surface area contributed by atoms with Crippen molar-refractivity contribution in [1.29, 1.82) is 0 Å². The van der Waals surface area contributed by atoms with Crippen LogP contribution in [-0.4, -0.2) is 31.4 Å². The Morgan fingerprint density at radius 3 is 2.19 bits per heavy atom. The second kappa shape index (κ2) is 13.0. The molecule has 1 saturated heterocycles. The van der Waals surface area contributed by atoms with Gasteiger partial charge in [-0.25, -0.2) is 0 Å². The zero-order valence-corrected chi connectivity index (χ0v) is 24.5. The van der Waals surface area contributed by atoms with Crippen molar-refractivity contribution in [2.45, 2.75) is 25.7 Å². The van der Waals surface area contributed by atoms with Gasteiger partial charge in [0.15, 0.2) is 0 Å². The number of nitrogens with one attached hydrogen (secondary N) is 2. The Morgan fingerprint density at radius 1 is 0.767 bits per heavy atom. The molecule has 1 aliphatic heterocycles. The van der Waals surface area contributed by atoms with Gasteiger partial charge in [0.2, 0.25) is 5.91 Å². The van der Waals surface area contributed by atoms with Crippen LogP contribution in [0.25, 0.3) is 21.9 Å². The van der Waals surface area contributed by atoms with Crippen LogP contribution in [0.3, 0.4) is 0 Å². The number of nitrogens with zero attached hydrogens (tertiary/aromatic N) is 1. The van der Waals surface area contributed by atoms with Gasteiger partial charge < -0.3 is 15.5 Å². The van der Waals surface area contributed by atoms with Crippen molar-refractivity contribution in [2.24, 2.45) is 5.92 Å². The fraction of sp³-hybridized carbons (Fsp3) is 0.211. The van der Waals surface area contributed by atoms with Gasteiger partial charge in [-0.3, -0.25) is 9.59 Å². The monoisotopic (exact) mass is 567 g/mol. The van der Waals surface area contributed by atoms with Gasteiger partial charge in [-0.05, 0) is 89.5 Å². The van der Waals surface area contributed by atoms with Gasteiger partial charge in [0.05, 0.1) is 5.92 Å². The summed E-state index contributed by atoms with van der Waals surface area (Å²) in [7, 11) is 0. The van der Waals surface area contributed by atoms with Crippen LogP contribution in [0.15, 0.2) is 121 Å². The van der Waals surface area contributed by atoms with Gasteiger partial charge in [0, 0.05) is 36.6 Å².